The first kappa shape index (κ1) is 30.8. The largest absolute Gasteiger partial charge is 3.00 e. The summed E-state index contributed by atoms with van der Waals surface area (Å²) >= 11 is 0. The normalized spacial score (nSPS) is 14.2. The van der Waals surface area contributed by atoms with Crippen LogP contribution in [0.3, 0.4) is 0 Å². The average molecular weight is 763 g/mol. The molecule has 2 aliphatic rings. The fourth-order valence-corrected chi connectivity index (χ4v) is 6.44. The second-order valence-corrected chi connectivity index (χ2v) is 13.0. The molecule has 0 spiro atoms. The molecule has 45 heavy (non-hydrogen) atoms. The van der Waals surface area contributed by atoms with Gasteiger partial charge in [0, 0.05) is 23.3 Å². The zero-order valence-corrected chi connectivity index (χ0v) is 28.7. The molecule has 1 aromatic heterocycles. The molecule has 5 aromatic carbocycles. The summed E-state index contributed by atoms with van der Waals surface area (Å²) < 4.78 is 0. The number of aromatic nitrogens is 1. The van der Waals surface area contributed by atoms with Gasteiger partial charge >= 0.3 is 20.1 Å². The van der Waals surface area contributed by atoms with Crippen molar-refractivity contribution in [2.75, 3.05) is 9.80 Å². The molecule has 3 nitrogen and oxygen atoms in total. The van der Waals surface area contributed by atoms with Crippen molar-refractivity contribution in [1.29, 1.82) is 0 Å². The van der Waals surface area contributed by atoms with E-state index in [2.05, 4.69) is 141 Å². The van der Waals surface area contributed by atoms with Gasteiger partial charge in [0.2, 0.25) is 0 Å². The van der Waals surface area contributed by atoms with Crippen LogP contribution in [0.4, 0.5) is 22.7 Å². The molecule has 224 valence electrons. The number of nitrogens with zero attached hydrogens (tertiary/aromatic N) is 3. The van der Waals surface area contributed by atoms with Gasteiger partial charge in [-0.25, -0.2) is 0 Å². The number of anilines is 4. The molecule has 3 heterocycles. The Bertz CT molecular complexity index is 1900. The van der Waals surface area contributed by atoms with E-state index in [1.807, 2.05) is 42.5 Å². The van der Waals surface area contributed by atoms with Crippen LogP contribution < -0.4 is 9.80 Å². The minimum atomic E-state index is -0.117. The smallest absolute Gasteiger partial charge is 0.493 e. The standard InChI is InChI=1S/C30H28N2.C11H8N.Ir/c1-29(2,3)21-14-16-22(17-15-21)31-19-32-25-18-13-20-9-6-7-10-23(20)27(25)30(4,5)24-11-8-12-26(31)28(24)32;1-2-6-10(7-3-1)11-8-4-5-9-12-11;/h6-17,19H,1-5H3;1-6,8-9H;/q-2;-1;+3. The van der Waals surface area contributed by atoms with Crippen LogP contribution in [0.1, 0.15) is 51.3 Å². The number of benzene rings is 5. The van der Waals surface area contributed by atoms with Crippen LogP contribution in [0.15, 0.2) is 121 Å². The molecule has 4 heteroatoms. The van der Waals surface area contributed by atoms with Crippen molar-refractivity contribution in [2.45, 2.75) is 45.4 Å². The Balaban J connectivity index is 0.000000231. The van der Waals surface area contributed by atoms with Crippen molar-refractivity contribution in [1.82, 2.24) is 4.98 Å². The number of hydrogen-bond donors (Lipinski definition) is 0. The van der Waals surface area contributed by atoms with Gasteiger partial charge in [0.15, 0.2) is 0 Å². The average Bonchev–Trinajstić information content (AvgIpc) is 3.44. The summed E-state index contributed by atoms with van der Waals surface area (Å²) in [5, 5.41) is 2.55. The molecule has 6 aromatic rings. The summed E-state index contributed by atoms with van der Waals surface area (Å²) in [5.74, 6) is 0. The van der Waals surface area contributed by atoms with Gasteiger partial charge in [-0.15, -0.1) is 65.0 Å². The van der Waals surface area contributed by atoms with Gasteiger partial charge in [-0.3, -0.25) is 0 Å². The van der Waals surface area contributed by atoms with Gasteiger partial charge in [0.05, 0.1) is 0 Å². The molecule has 0 aliphatic carbocycles. The van der Waals surface area contributed by atoms with Crippen molar-refractivity contribution in [3.63, 3.8) is 0 Å². The first-order chi connectivity index (χ1) is 21.2. The Labute approximate surface area is 280 Å². The molecular weight excluding hydrogens is 727 g/mol. The summed E-state index contributed by atoms with van der Waals surface area (Å²) in [6.07, 6.45) is 1.79. The van der Waals surface area contributed by atoms with E-state index in [1.165, 1.54) is 44.5 Å². The second kappa shape index (κ2) is 11.9. The minimum absolute atomic E-state index is 0. The molecule has 0 atom stereocenters. The maximum atomic E-state index is 4.22. The van der Waals surface area contributed by atoms with Gasteiger partial charge in [-0.2, -0.15) is 12.1 Å². The van der Waals surface area contributed by atoms with E-state index in [9.17, 15) is 0 Å². The van der Waals surface area contributed by atoms with E-state index in [-0.39, 0.29) is 30.9 Å². The summed E-state index contributed by atoms with van der Waals surface area (Å²) in [6, 6.07) is 47.0. The third kappa shape index (κ3) is 5.47. The SMILES string of the molecule is CC(C)(C)c1ccc(N2[CH-]N3c4[c-]cc5ccccc5c4C(C)(C)c4cccc2c43)cc1.[Ir+3].[c-]1ccccc1-c1ccccn1. The van der Waals surface area contributed by atoms with Gasteiger partial charge in [0.25, 0.3) is 0 Å². The van der Waals surface area contributed by atoms with Gasteiger partial charge in [-0.05, 0) is 51.9 Å². The van der Waals surface area contributed by atoms with Crippen LogP contribution in [0.2, 0.25) is 0 Å². The molecule has 0 saturated heterocycles. The minimum Gasteiger partial charge on any atom is -0.493 e. The Hall–Kier alpha value is -4.24. The summed E-state index contributed by atoms with van der Waals surface area (Å²) in [4.78, 5) is 8.88. The first-order valence-electron chi connectivity index (χ1n) is 15.2. The van der Waals surface area contributed by atoms with Crippen molar-refractivity contribution >= 4 is 33.5 Å². The number of fused-ring (bicyclic) bond motifs is 4. The first-order valence-corrected chi connectivity index (χ1v) is 15.2. The van der Waals surface area contributed by atoms with Crippen LogP contribution in [0.25, 0.3) is 22.0 Å². The number of pyridine rings is 1. The van der Waals surface area contributed by atoms with Gasteiger partial charge in [0.1, 0.15) is 0 Å². The van der Waals surface area contributed by atoms with Crippen molar-refractivity contribution in [2.24, 2.45) is 0 Å². The monoisotopic (exact) mass is 763 g/mol. The van der Waals surface area contributed by atoms with E-state index >= 15 is 0 Å². The van der Waals surface area contributed by atoms with Crippen LogP contribution >= 0.6 is 0 Å². The van der Waals surface area contributed by atoms with Crippen LogP contribution in [0.5, 0.6) is 0 Å². The summed E-state index contributed by atoms with van der Waals surface area (Å²) in [6.45, 7) is 13.7. The zero-order chi connectivity index (χ0) is 30.5. The van der Waals surface area contributed by atoms with Gasteiger partial charge < -0.3 is 14.8 Å². The van der Waals surface area contributed by atoms with Crippen LogP contribution in [0, 0.1) is 18.8 Å². The van der Waals surface area contributed by atoms with Crippen LogP contribution in [-0.4, -0.2) is 4.98 Å². The zero-order valence-electron chi connectivity index (χ0n) is 26.3. The molecule has 2 aliphatic heterocycles. The third-order valence-corrected chi connectivity index (χ3v) is 8.78. The molecule has 0 fully saturated rings. The maximum absolute atomic E-state index is 4.22. The summed E-state index contributed by atoms with van der Waals surface area (Å²) in [5.41, 5.74) is 10.9. The number of para-hydroxylation sites is 1. The van der Waals surface area contributed by atoms with Crippen molar-refractivity contribution in [3.8, 4) is 11.3 Å². The molecule has 0 bridgehead atoms. The fraction of sp³-hybridized carbons (Fsp3) is 0.171. The van der Waals surface area contributed by atoms with Crippen molar-refractivity contribution < 1.29 is 20.1 Å². The van der Waals surface area contributed by atoms with Gasteiger partial charge in [-0.1, -0.05) is 94.9 Å². The number of hydrogen-bond acceptors (Lipinski definition) is 3. The number of rotatable bonds is 2. The molecule has 0 N–H and O–H groups in total. The topological polar surface area (TPSA) is 19.4 Å². The Morgan fingerprint density at radius 3 is 2.22 bits per heavy atom. The van der Waals surface area contributed by atoms with Crippen molar-refractivity contribution in [3.05, 3.63) is 157 Å². The molecule has 0 saturated carbocycles. The Morgan fingerprint density at radius 2 is 1.51 bits per heavy atom. The van der Waals surface area contributed by atoms with E-state index in [0.717, 1.165) is 16.9 Å². The molecule has 0 amide bonds. The predicted molar refractivity (Wildman–Crippen MR) is 184 cm³/mol. The Kier molecular flexibility index (Phi) is 8.16. The van der Waals surface area contributed by atoms with E-state index in [0.29, 0.717) is 0 Å². The molecule has 0 unspecified atom stereocenters. The van der Waals surface area contributed by atoms with E-state index in [4.69, 9.17) is 0 Å². The molecule has 0 radical (unpaired) electrons. The fourth-order valence-electron chi connectivity index (χ4n) is 6.44. The maximum Gasteiger partial charge on any atom is 3.00 e. The van der Waals surface area contributed by atoms with Crippen LogP contribution in [-0.2, 0) is 30.9 Å². The second-order valence-electron chi connectivity index (χ2n) is 13.0. The molecule has 8 rings (SSSR count). The van der Waals surface area contributed by atoms with E-state index in [1.54, 1.807) is 6.20 Å². The predicted octanol–water partition coefficient (Wildman–Crippen LogP) is 10.5. The quantitative estimate of drug-likeness (QED) is 0.164. The summed E-state index contributed by atoms with van der Waals surface area (Å²) in [7, 11) is 0. The molecular formula is C41H36IrN3. The Morgan fingerprint density at radius 1 is 0.756 bits per heavy atom. The third-order valence-electron chi connectivity index (χ3n) is 8.78. The van der Waals surface area contributed by atoms with E-state index < -0.39 is 0 Å².